The summed E-state index contributed by atoms with van der Waals surface area (Å²) in [5.74, 6) is -0.162. The molecule has 158 valence electrons. The molecule has 0 bridgehead atoms. The Morgan fingerprint density at radius 1 is 0.692 bits per heavy atom. The molecule has 0 aromatic rings. The van der Waals surface area contributed by atoms with Crippen molar-refractivity contribution in [1.82, 2.24) is 0 Å². The van der Waals surface area contributed by atoms with Crippen molar-refractivity contribution in [2.24, 2.45) is 5.41 Å². The van der Waals surface area contributed by atoms with Gasteiger partial charge in [-0.2, -0.15) is 0 Å². The zero-order chi connectivity index (χ0) is 20.1. The van der Waals surface area contributed by atoms with Crippen LogP contribution in [0.5, 0.6) is 0 Å². The molecule has 1 atom stereocenters. The van der Waals surface area contributed by atoms with Crippen molar-refractivity contribution in [2.45, 2.75) is 0 Å². The van der Waals surface area contributed by atoms with Crippen LogP contribution >= 0.6 is 73.7 Å². The molecule has 0 aliphatic heterocycles. The summed E-state index contributed by atoms with van der Waals surface area (Å²) in [5.41, 5.74) is -1.17. The third-order valence-corrected chi connectivity index (χ3v) is 6.62. The Labute approximate surface area is 177 Å². The van der Waals surface area contributed by atoms with Crippen LogP contribution in [-0.2, 0) is 31.7 Å². The van der Waals surface area contributed by atoms with Gasteiger partial charge < -0.3 is 4.89 Å². The average molecular weight is 520 g/mol. The molecule has 26 heavy (non-hydrogen) atoms. The fourth-order valence-electron chi connectivity index (χ4n) is 1.26. The maximum Gasteiger partial charge on any atom is 0.474 e. The molecule has 0 aliphatic rings. The third-order valence-electron chi connectivity index (χ3n) is 2.61. The summed E-state index contributed by atoms with van der Waals surface area (Å²) in [7, 11) is -8.33. The van der Waals surface area contributed by atoms with Gasteiger partial charge in [-0.3, -0.25) is 22.6 Å². The average Bonchev–Trinajstić information content (AvgIpc) is 2.64. The molecule has 0 amide bonds. The Hall–Kier alpha value is 1.67. The highest BCUT2D eigenvalue weighted by Gasteiger charge is 2.38. The molecule has 15 heteroatoms. The largest absolute Gasteiger partial charge is 0.474 e. The van der Waals surface area contributed by atoms with Gasteiger partial charge in [-0.15, -0.1) is 58.0 Å². The van der Waals surface area contributed by atoms with Gasteiger partial charge in [-0.05, 0) is 0 Å². The second-order valence-corrected chi connectivity index (χ2v) is 9.59. The van der Waals surface area contributed by atoms with Crippen LogP contribution in [0.3, 0.4) is 0 Å². The lowest BCUT2D eigenvalue weighted by Crippen LogP contribution is -2.36. The predicted octanol–water partition coefficient (Wildman–Crippen LogP) is 4.46. The molecule has 0 saturated carbocycles. The first-order valence-corrected chi connectivity index (χ1v) is 12.8. The smallest absolute Gasteiger partial charge is 0.302 e. The van der Waals surface area contributed by atoms with Gasteiger partial charge in [0.1, 0.15) is 0 Å². The number of phosphoric acid groups is 2. The van der Waals surface area contributed by atoms with Crippen LogP contribution in [0.1, 0.15) is 0 Å². The first-order valence-electron chi connectivity index (χ1n) is 7.17. The summed E-state index contributed by atoms with van der Waals surface area (Å²) in [5, 5.41) is 0. The molecule has 0 radical (unpaired) electrons. The summed E-state index contributed by atoms with van der Waals surface area (Å²) in [6.45, 7) is -1.14. The van der Waals surface area contributed by atoms with Crippen LogP contribution in [0.2, 0.25) is 0 Å². The van der Waals surface area contributed by atoms with Crippen LogP contribution in [0.4, 0.5) is 0 Å². The van der Waals surface area contributed by atoms with E-state index in [1.54, 1.807) is 0 Å². The zero-order valence-electron chi connectivity index (χ0n) is 13.7. The van der Waals surface area contributed by atoms with Crippen molar-refractivity contribution in [3.05, 3.63) is 0 Å². The normalized spacial score (nSPS) is 15.2. The van der Waals surface area contributed by atoms with Gasteiger partial charge in [0.15, 0.2) is 0 Å². The molecule has 1 N–H and O–H groups in total. The lowest BCUT2D eigenvalue weighted by molar-refractivity contribution is 0.0526. The topological polar surface area (TPSA) is 101 Å². The maximum atomic E-state index is 12.5. The number of hydrogen-bond acceptors (Lipinski definition) is 7. The Balaban J connectivity index is 4.93. The van der Waals surface area contributed by atoms with Crippen LogP contribution < -0.4 is 0 Å². The molecule has 0 heterocycles. The van der Waals surface area contributed by atoms with Gasteiger partial charge in [-0.1, -0.05) is 0 Å². The second kappa shape index (κ2) is 14.6. The van der Waals surface area contributed by atoms with E-state index in [-0.39, 0.29) is 55.8 Å². The summed E-state index contributed by atoms with van der Waals surface area (Å²) in [4.78, 5) is 9.55. The molecular formula is C11H21Cl5O8P2. The molecule has 0 fully saturated rings. The van der Waals surface area contributed by atoms with Gasteiger partial charge in [-0.25, -0.2) is 9.13 Å². The SMILES string of the molecule is O=P(O)(OCCCl)OCC(CCl)(CCl)COP(=O)(OCCCl)OCCCl. The molecule has 0 aromatic heterocycles. The Bertz CT molecular complexity index is 456. The van der Waals surface area contributed by atoms with Crippen molar-refractivity contribution in [1.29, 1.82) is 0 Å². The first-order chi connectivity index (χ1) is 12.2. The van der Waals surface area contributed by atoms with E-state index in [9.17, 15) is 14.0 Å². The predicted molar refractivity (Wildman–Crippen MR) is 103 cm³/mol. The highest BCUT2D eigenvalue weighted by Crippen LogP contribution is 2.51. The van der Waals surface area contributed by atoms with Gasteiger partial charge >= 0.3 is 15.6 Å². The number of rotatable bonds is 17. The van der Waals surface area contributed by atoms with Crippen molar-refractivity contribution in [3.63, 3.8) is 0 Å². The standard InChI is InChI=1S/C11H21Cl5O8P2/c12-1-4-20-25(17,18)23-9-11(7-15,8-16)10-24-26(19,21-5-2-13)22-6-3-14/h1-10H2,(H,17,18). The second-order valence-electron chi connectivity index (χ2n) is 4.80. The van der Waals surface area contributed by atoms with E-state index in [0.29, 0.717) is 0 Å². The monoisotopic (exact) mass is 518 g/mol. The zero-order valence-corrected chi connectivity index (χ0v) is 19.2. The Morgan fingerprint density at radius 3 is 1.54 bits per heavy atom. The fraction of sp³-hybridized carbons (Fsp3) is 1.00. The minimum absolute atomic E-state index is 0.00613. The molecule has 0 saturated heterocycles. The van der Waals surface area contributed by atoms with Crippen LogP contribution in [-0.4, -0.2) is 67.3 Å². The summed E-state index contributed by atoms with van der Waals surface area (Å²) in [6, 6.07) is 0. The first kappa shape index (κ1) is 27.7. The number of halogens is 5. The number of hydrogen-bond donors (Lipinski definition) is 1. The Kier molecular flexibility index (Phi) is 15.6. The number of phosphoric ester groups is 2. The fourth-order valence-corrected chi connectivity index (χ4v) is 4.53. The molecular weight excluding hydrogens is 499 g/mol. The quantitative estimate of drug-likeness (QED) is 0.222. The maximum absolute atomic E-state index is 12.5. The molecule has 0 aromatic carbocycles. The highest BCUT2D eigenvalue weighted by molar-refractivity contribution is 7.48. The lowest BCUT2D eigenvalue weighted by Gasteiger charge is -2.30. The summed E-state index contributed by atoms with van der Waals surface area (Å²) >= 11 is 28.2. The van der Waals surface area contributed by atoms with Gasteiger partial charge in [0.2, 0.25) is 0 Å². The minimum Gasteiger partial charge on any atom is -0.302 e. The van der Waals surface area contributed by atoms with E-state index in [2.05, 4.69) is 4.52 Å². The van der Waals surface area contributed by atoms with Crippen LogP contribution in [0.25, 0.3) is 0 Å². The van der Waals surface area contributed by atoms with E-state index in [4.69, 9.17) is 76.1 Å². The highest BCUT2D eigenvalue weighted by atomic mass is 35.5. The number of alkyl halides is 5. The van der Waals surface area contributed by atoms with E-state index in [0.717, 1.165) is 0 Å². The van der Waals surface area contributed by atoms with Gasteiger partial charge in [0.05, 0.1) is 33.0 Å². The van der Waals surface area contributed by atoms with Crippen molar-refractivity contribution in [3.8, 4) is 0 Å². The van der Waals surface area contributed by atoms with Gasteiger partial charge in [0, 0.05) is 34.8 Å². The summed E-state index contributed by atoms with van der Waals surface area (Å²) in [6.07, 6.45) is 0. The van der Waals surface area contributed by atoms with E-state index < -0.39 is 27.7 Å². The molecule has 0 aliphatic carbocycles. The van der Waals surface area contributed by atoms with Crippen molar-refractivity contribution < 1.29 is 36.6 Å². The van der Waals surface area contributed by atoms with E-state index in [1.165, 1.54) is 0 Å². The molecule has 0 spiro atoms. The molecule has 8 nitrogen and oxygen atoms in total. The van der Waals surface area contributed by atoms with E-state index in [1.807, 2.05) is 0 Å². The molecule has 0 rings (SSSR count). The minimum atomic E-state index is -4.36. The Morgan fingerprint density at radius 2 is 1.12 bits per heavy atom. The van der Waals surface area contributed by atoms with Gasteiger partial charge in [0.25, 0.3) is 0 Å². The summed E-state index contributed by atoms with van der Waals surface area (Å²) < 4.78 is 49.0. The lowest BCUT2D eigenvalue weighted by atomic mass is 9.96. The van der Waals surface area contributed by atoms with Crippen molar-refractivity contribution >= 4 is 73.7 Å². The molecule has 1 unspecified atom stereocenters. The van der Waals surface area contributed by atoms with Crippen molar-refractivity contribution in [2.75, 3.05) is 62.4 Å². The van der Waals surface area contributed by atoms with Crippen LogP contribution in [0, 0.1) is 5.41 Å². The third kappa shape index (κ3) is 11.6. The van der Waals surface area contributed by atoms with Crippen LogP contribution in [0.15, 0.2) is 0 Å². The van der Waals surface area contributed by atoms with E-state index >= 15 is 0 Å².